The van der Waals surface area contributed by atoms with Crippen LogP contribution in [0, 0.1) is 0 Å². The van der Waals surface area contributed by atoms with Crippen LogP contribution in [0.5, 0.6) is 5.75 Å². The molecule has 0 fully saturated rings. The minimum absolute atomic E-state index is 0.0916. The predicted molar refractivity (Wildman–Crippen MR) is 136 cm³/mol. The minimum Gasteiger partial charge on any atom is -0.497 e. The number of amides is 2. The number of thioether (sulfide) groups is 1. The molecule has 1 aliphatic rings. The van der Waals surface area contributed by atoms with E-state index in [1.807, 2.05) is 0 Å². The van der Waals surface area contributed by atoms with E-state index >= 15 is 0 Å². The number of ether oxygens (including phenoxy) is 1. The van der Waals surface area contributed by atoms with Crippen LogP contribution in [0.15, 0.2) is 47.6 Å². The highest BCUT2D eigenvalue weighted by atomic mass is 32.2. The van der Waals surface area contributed by atoms with Gasteiger partial charge in [-0.15, -0.1) is 23.1 Å². The second-order valence-corrected chi connectivity index (χ2v) is 10.1. The summed E-state index contributed by atoms with van der Waals surface area (Å²) >= 11 is 2.75. The van der Waals surface area contributed by atoms with E-state index in [1.165, 1.54) is 18.4 Å². The number of hydrogen-bond acceptors (Lipinski definition) is 7. The fraction of sp³-hybridized carbons (Fsp3) is 0.280. The number of aromatic nitrogens is 1. The van der Waals surface area contributed by atoms with Crippen LogP contribution in [0.1, 0.15) is 54.9 Å². The van der Waals surface area contributed by atoms with Crippen molar-refractivity contribution in [1.82, 2.24) is 9.88 Å². The number of rotatable bonds is 8. The molecule has 10 heteroatoms. The minimum atomic E-state index is -1.10. The van der Waals surface area contributed by atoms with E-state index in [0.29, 0.717) is 40.4 Å². The highest BCUT2D eigenvalue weighted by molar-refractivity contribution is 7.99. The van der Waals surface area contributed by atoms with Crippen LogP contribution < -0.4 is 10.1 Å². The van der Waals surface area contributed by atoms with Crippen LogP contribution in [-0.2, 0) is 13.0 Å². The van der Waals surface area contributed by atoms with Crippen molar-refractivity contribution in [3.8, 4) is 5.75 Å². The first-order chi connectivity index (χ1) is 16.9. The van der Waals surface area contributed by atoms with Crippen molar-refractivity contribution in [3.05, 3.63) is 69.7 Å². The summed E-state index contributed by atoms with van der Waals surface area (Å²) in [5.41, 5.74) is 1.67. The zero-order valence-corrected chi connectivity index (χ0v) is 21.0. The third kappa shape index (κ3) is 5.33. The lowest BCUT2D eigenvalue weighted by Crippen LogP contribution is -2.36. The number of nitrogens with zero attached hydrogens (tertiary/aromatic N) is 2. The summed E-state index contributed by atoms with van der Waals surface area (Å²) in [6.07, 6.45) is 3.05. The lowest BCUT2D eigenvalue weighted by atomic mass is 10.0. The van der Waals surface area contributed by atoms with Crippen LogP contribution in [0.4, 0.5) is 5.00 Å². The van der Waals surface area contributed by atoms with Crippen molar-refractivity contribution >= 4 is 45.9 Å². The standard InChI is InChI=1S/C25H25N3O5S2/c1-3-12-34-22-18(8-5-10-26-22)24(30)28-11-9-17-19(14-28)35-23(20(17)25(31)32)27-21(29)15-6-4-7-16(13-15)33-2/h4-8,10,13H,3,9,11-12,14H2,1-2H3,(H,27,29)(H,31,32). The van der Waals surface area contributed by atoms with Crippen LogP contribution >= 0.6 is 23.1 Å². The van der Waals surface area contributed by atoms with Gasteiger partial charge in [-0.3, -0.25) is 9.59 Å². The Balaban J connectivity index is 1.58. The number of carboxylic acid groups (broad SMARTS) is 1. The van der Waals surface area contributed by atoms with Gasteiger partial charge in [0.25, 0.3) is 11.8 Å². The van der Waals surface area contributed by atoms with E-state index in [1.54, 1.807) is 59.3 Å². The lowest BCUT2D eigenvalue weighted by Gasteiger charge is -2.27. The largest absolute Gasteiger partial charge is 0.497 e. The van der Waals surface area contributed by atoms with Gasteiger partial charge in [0.15, 0.2) is 0 Å². The van der Waals surface area contributed by atoms with Crippen LogP contribution in [0.25, 0.3) is 0 Å². The van der Waals surface area contributed by atoms with Crippen molar-refractivity contribution in [2.75, 3.05) is 24.7 Å². The fourth-order valence-electron chi connectivity index (χ4n) is 3.87. The van der Waals surface area contributed by atoms with Crippen molar-refractivity contribution in [2.45, 2.75) is 31.3 Å². The normalized spacial score (nSPS) is 12.7. The molecule has 0 spiro atoms. The molecule has 35 heavy (non-hydrogen) atoms. The summed E-state index contributed by atoms with van der Waals surface area (Å²) < 4.78 is 5.17. The van der Waals surface area contributed by atoms with Crippen molar-refractivity contribution in [1.29, 1.82) is 0 Å². The van der Waals surface area contributed by atoms with Crippen molar-refractivity contribution in [3.63, 3.8) is 0 Å². The van der Waals surface area contributed by atoms with Crippen molar-refractivity contribution < 1.29 is 24.2 Å². The maximum Gasteiger partial charge on any atom is 0.339 e. The Bertz CT molecular complexity index is 1270. The quantitative estimate of drug-likeness (QED) is 0.418. The Kier molecular flexibility index (Phi) is 7.72. The number of aromatic carboxylic acids is 1. The summed E-state index contributed by atoms with van der Waals surface area (Å²) in [6, 6.07) is 10.2. The molecule has 4 rings (SSSR count). The van der Waals surface area contributed by atoms with Gasteiger partial charge in [-0.2, -0.15) is 0 Å². The number of fused-ring (bicyclic) bond motifs is 1. The zero-order valence-electron chi connectivity index (χ0n) is 19.4. The second kappa shape index (κ2) is 10.9. The molecule has 2 aromatic heterocycles. The number of nitrogens with one attached hydrogen (secondary N) is 1. The van der Waals surface area contributed by atoms with Crippen LogP contribution in [0.2, 0.25) is 0 Å². The number of thiophene rings is 1. The summed E-state index contributed by atoms with van der Waals surface area (Å²) in [7, 11) is 1.51. The molecule has 0 saturated heterocycles. The molecule has 1 aliphatic heterocycles. The molecule has 182 valence electrons. The second-order valence-electron chi connectivity index (χ2n) is 7.88. The average Bonchev–Trinajstić information content (AvgIpc) is 3.24. The maximum absolute atomic E-state index is 13.3. The Morgan fingerprint density at radius 3 is 2.83 bits per heavy atom. The fourth-order valence-corrected chi connectivity index (χ4v) is 5.96. The van der Waals surface area contributed by atoms with E-state index in [2.05, 4.69) is 17.2 Å². The molecule has 3 heterocycles. The first kappa shape index (κ1) is 24.7. The Hall–Kier alpha value is -3.37. The molecular weight excluding hydrogens is 486 g/mol. The first-order valence-corrected chi connectivity index (χ1v) is 12.9. The van der Waals surface area contributed by atoms with Crippen molar-refractivity contribution in [2.24, 2.45) is 0 Å². The molecular formula is C25H25N3O5S2. The van der Waals surface area contributed by atoms with Gasteiger partial charge in [-0.05, 0) is 54.5 Å². The molecule has 3 aromatic rings. The lowest BCUT2D eigenvalue weighted by molar-refractivity contribution is 0.0696. The summed E-state index contributed by atoms with van der Waals surface area (Å²) in [6.45, 7) is 2.74. The number of benzene rings is 1. The molecule has 8 nitrogen and oxygen atoms in total. The van der Waals surface area contributed by atoms with Gasteiger partial charge < -0.3 is 20.1 Å². The summed E-state index contributed by atoms with van der Waals surface area (Å²) in [4.78, 5) is 45.1. The number of hydrogen-bond donors (Lipinski definition) is 2. The molecule has 0 atom stereocenters. The molecule has 0 saturated carbocycles. The monoisotopic (exact) mass is 511 g/mol. The Morgan fingerprint density at radius 1 is 1.26 bits per heavy atom. The molecule has 0 unspecified atom stereocenters. The third-order valence-electron chi connectivity index (χ3n) is 5.56. The molecule has 0 radical (unpaired) electrons. The summed E-state index contributed by atoms with van der Waals surface area (Å²) in [5, 5.41) is 13.6. The summed E-state index contributed by atoms with van der Waals surface area (Å²) in [5.74, 6) is -0.262. The van der Waals surface area contributed by atoms with E-state index in [0.717, 1.165) is 17.1 Å². The molecule has 2 amide bonds. The third-order valence-corrected chi connectivity index (χ3v) is 7.90. The van der Waals surface area contributed by atoms with E-state index < -0.39 is 11.9 Å². The van der Waals surface area contributed by atoms with Gasteiger partial charge in [0.2, 0.25) is 0 Å². The highest BCUT2D eigenvalue weighted by Gasteiger charge is 2.31. The molecule has 2 N–H and O–H groups in total. The number of carboxylic acids is 1. The molecule has 1 aromatic carbocycles. The highest BCUT2D eigenvalue weighted by Crippen LogP contribution is 2.38. The smallest absolute Gasteiger partial charge is 0.339 e. The van der Waals surface area contributed by atoms with Gasteiger partial charge in [0.1, 0.15) is 15.8 Å². The predicted octanol–water partition coefficient (Wildman–Crippen LogP) is 4.80. The van der Waals surface area contributed by atoms with Gasteiger partial charge in [0.05, 0.1) is 24.8 Å². The van der Waals surface area contributed by atoms with Gasteiger partial charge in [0, 0.05) is 23.2 Å². The topological polar surface area (TPSA) is 109 Å². The van der Waals surface area contributed by atoms with E-state index in [4.69, 9.17) is 4.74 Å². The number of methoxy groups -OCH3 is 1. The zero-order chi connectivity index (χ0) is 24.9. The SMILES string of the molecule is CCCSc1ncccc1C(=O)N1CCc2c(sc(NC(=O)c3cccc(OC)c3)c2C(=O)O)C1. The Labute approximate surface area is 211 Å². The van der Waals surface area contributed by atoms with Crippen LogP contribution in [-0.4, -0.2) is 52.2 Å². The average molecular weight is 512 g/mol. The first-order valence-electron chi connectivity index (χ1n) is 11.1. The number of pyridine rings is 1. The molecule has 0 bridgehead atoms. The maximum atomic E-state index is 13.3. The van der Waals surface area contributed by atoms with Gasteiger partial charge in [-0.25, -0.2) is 9.78 Å². The van der Waals surface area contributed by atoms with Gasteiger partial charge >= 0.3 is 5.97 Å². The number of carbonyl (C=O) groups is 3. The van der Waals surface area contributed by atoms with E-state index in [-0.39, 0.29) is 23.0 Å². The molecule has 0 aliphatic carbocycles. The Morgan fingerprint density at radius 2 is 2.09 bits per heavy atom. The van der Waals surface area contributed by atoms with E-state index in [9.17, 15) is 19.5 Å². The van der Waals surface area contributed by atoms with Crippen LogP contribution in [0.3, 0.4) is 0 Å². The number of anilines is 1. The van der Waals surface area contributed by atoms with Gasteiger partial charge in [-0.1, -0.05) is 13.0 Å². The number of carbonyl (C=O) groups excluding carboxylic acids is 2.